The summed E-state index contributed by atoms with van der Waals surface area (Å²) < 4.78 is 0. The van der Waals surface area contributed by atoms with Gasteiger partial charge >= 0.3 is 0 Å². The molecule has 1 aliphatic rings. The maximum Gasteiger partial charge on any atom is 0.134 e. The van der Waals surface area contributed by atoms with E-state index in [4.69, 9.17) is 11.6 Å². The lowest BCUT2D eigenvalue weighted by Gasteiger charge is -2.30. The third kappa shape index (κ3) is 4.12. The van der Waals surface area contributed by atoms with Gasteiger partial charge in [0.1, 0.15) is 5.75 Å². The Balaban J connectivity index is 1.89. The molecule has 0 aromatic heterocycles. The lowest BCUT2D eigenvalue weighted by atomic mass is 9.83. The highest BCUT2D eigenvalue weighted by atomic mass is 35.5. The van der Waals surface area contributed by atoms with Gasteiger partial charge in [0, 0.05) is 12.6 Å². The van der Waals surface area contributed by atoms with E-state index < -0.39 is 0 Å². The van der Waals surface area contributed by atoms with Crippen molar-refractivity contribution >= 4 is 11.6 Å². The fraction of sp³-hybridized carbons (Fsp3) is 0.625. The highest BCUT2D eigenvalue weighted by Gasteiger charge is 2.21. The smallest absolute Gasteiger partial charge is 0.134 e. The number of halogens is 1. The Kier molecular flexibility index (Phi) is 5.53. The summed E-state index contributed by atoms with van der Waals surface area (Å²) in [4.78, 5) is 0. The molecule has 0 aliphatic heterocycles. The number of benzene rings is 1. The van der Waals surface area contributed by atoms with Crippen molar-refractivity contribution in [3.8, 4) is 5.75 Å². The van der Waals surface area contributed by atoms with Gasteiger partial charge in [-0.25, -0.2) is 0 Å². The van der Waals surface area contributed by atoms with Crippen molar-refractivity contribution < 1.29 is 5.11 Å². The zero-order valence-electron chi connectivity index (χ0n) is 11.7. The van der Waals surface area contributed by atoms with Gasteiger partial charge < -0.3 is 10.4 Å². The van der Waals surface area contributed by atoms with Crippen LogP contribution in [-0.2, 0) is 6.54 Å². The van der Waals surface area contributed by atoms with E-state index in [1.165, 1.54) is 38.5 Å². The Morgan fingerprint density at radius 1 is 1.32 bits per heavy atom. The van der Waals surface area contributed by atoms with Crippen LogP contribution in [-0.4, -0.2) is 11.1 Å². The average Bonchev–Trinajstić information content (AvgIpc) is 2.44. The summed E-state index contributed by atoms with van der Waals surface area (Å²) in [7, 11) is 0. The second kappa shape index (κ2) is 7.16. The van der Waals surface area contributed by atoms with Gasteiger partial charge in [-0.15, -0.1) is 0 Å². The van der Waals surface area contributed by atoms with E-state index in [-0.39, 0.29) is 5.75 Å². The van der Waals surface area contributed by atoms with E-state index >= 15 is 0 Å². The van der Waals surface area contributed by atoms with Gasteiger partial charge in [-0.05, 0) is 42.9 Å². The summed E-state index contributed by atoms with van der Waals surface area (Å²) in [6.07, 6.45) is 8.07. The lowest BCUT2D eigenvalue weighted by Crippen LogP contribution is -2.36. The number of aromatic hydroxyl groups is 1. The Labute approximate surface area is 121 Å². The van der Waals surface area contributed by atoms with Gasteiger partial charge in [0.25, 0.3) is 0 Å². The zero-order chi connectivity index (χ0) is 13.7. The molecule has 1 atom stereocenters. The molecule has 0 bridgehead atoms. The Hall–Kier alpha value is -0.730. The Bertz CT molecular complexity index is 402. The van der Waals surface area contributed by atoms with Crippen LogP contribution in [0.15, 0.2) is 18.2 Å². The van der Waals surface area contributed by atoms with Crippen LogP contribution in [0.4, 0.5) is 0 Å². The van der Waals surface area contributed by atoms with Crippen molar-refractivity contribution in [2.45, 2.75) is 58.0 Å². The summed E-state index contributed by atoms with van der Waals surface area (Å²) in [6, 6.07) is 6.05. The second-order valence-corrected chi connectivity index (χ2v) is 5.99. The molecule has 19 heavy (non-hydrogen) atoms. The minimum atomic E-state index is 0.157. The van der Waals surface area contributed by atoms with E-state index in [2.05, 4.69) is 12.2 Å². The quantitative estimate of drug-likeness (QED) is 0.833. The van der Waals surface area contributed by atoms with Crippen LogP contribution in [0.2, 0.25) is 5.02 Å². The fourth-order valence-electron chi connectivity index (χ4n) is 3.09. The molecule has 1 aliphatic carbocycles. The summed E-state index contributed by atoms with van der Waals surface area (Å²) in [6.45, 7) is 3.09. The molecule has 1 fully saturated rings. The van der Waals surface area contributed by atoms with Crippen molar-refractivity contribution in [1.29, 1.82) is 0 Å². The van der Waals surface area contributed by atoms with E-state index in [9.17, 15) is 5.11 Å². The number of hydrogen-bond donors (Lipinski definition) is 2. The van der Waals surface area contributed by atoms with Crippen LogP contribution in [0.5, 0.6) is 5.75 Å². The van der Waals surface area contributed by atoms with Gasteiger partial charge in [-0.2, -0.15) is 0 Å². The van der Waals surface area contributed by atoms with E-state index in [1.807, 2.05) is 12.1 Å². The largest absolute Gasteiger partial charge is 0.506 e. The predicted octanol–water partition coefficient (Wildman–Crippen LogP) is 4.49. The standard InChI is InChI=1S/C16H24ClNO/c1-2-15(13-6-4-3-5-7-13)18-11-12-8-9-16(19)14(17)10-12/h8-10,13,15,18-19H,2-7,11H2,1H3. The molecule has 0 heterocycles. The lowest BCUT2D eigenvalue weighted by molar-refractivity contribution is 0.261. The van der Waals surface area contributed by atoms with Gasteiger partial charge in [0.2, 0.25) is 0 Å². The minimum Gasteiger partial charge on any atom is -0.506 e. The summed E-state index contributed by atoms with van der Waals surface area (Å²) >= 11 is 5.93. The first-order valence-electron chi connectivity index (χ1n) is 7.41. The van der Waals surface area contributed by atoms with Crippen molar-refractivity contribution in [3.05, 3.63) is 28.8 Å². The van der Waals surface area contributed by atoms with E-state index in [1.54, 1.807) is 6.07 Å². The normalized spacial score (nSPS) is 18.4. The van der Waals surface area contributed by atoms with Crippen molar-refractivity contribution in [2.24, 2.45) is 5.92 Å². The van der Waals surface area contributed by atoms with Crippen molar-refractivity contribution in [3.63, 3.8) is 0 Å². The highest BCUT2D eigenvalue weighted by molar-refractivity contribution is 6.32. The van der Waals surface area contributed by atoms with E-state index in [0.717, 1.165) is 18.0 Å². The molecule has 1 aromatic rings. The molecule has 1 unspecified atom stereocenters. The number of hydrogen-bond acceptors (Lipinski definition) is 2. The van der Waals surface area contributed by atoms with Gasteiger partial charge in [-0.1, -0.05) is 43.9 Å². The van der Waals surface area contributed by atoms with Gasteiger partial charge in [0.15, 0.2) is 0 Å². The number of nitrogens with one attached hydrogen (secondary N) is 1. The molecule has 2 N–H and O–H groups in total. The molecule has 0 amide bonds. The monoisotopic (exact) mass is 281 g/mol. The first-order valence-corrected chi connectivity index (χ1v) is 7.79. The zero-order valence-corrected chi connectivity index (χ0v) is 12.4. The van der Waals surface area contributed by atoms with Crippen LogP contribution in [0, 0.1) is 5.92 Å². The van der Waals surface area contributed by atoms with Crippen molar-refractivity contribution in [2.75, 3.05) is 0 Å². The van der Waals surface area contributed by atoms with Crippen LogP contribution in [0.3, 0.4) is 0 Å². The maximum absolute atomic E-state index is 9.42. The second-order valence-electron chi connectivity index (χ2n) is 5.58. The van der Waals surface area contributed by atoms with Gasteiger partial charge in [0.05, 0.1) is 5.02 Å². The SMILES string of the molecule is CCC(NCc1ccc(O)c(Cl)c1)C1CCCCC1. The molecule has 106 valence electrons. The van der Waals surface area contributed by atoms with Gasteiger partial charge in [-0.3, -0.25) is 0 Å². The summed E-state index contributed by atoms with van der Waals surface area (Å²) in [5.74, 6) is 0.982. The highest BCUT2D eigenvalue weighted by Crippen LogP contribution is 2.28. The van der Waals surface area contributed by atoms with Crippen LogP contribution < -0.4 is 5.32 Å². The molecule has 1 saturated carbocycles. The molecule has 2 rings (SSSR count). The number of phenols is 1. The number of rotatable bonds is 5. The van der Waals surface area contributed by atoms with E-state index in [0.29, 0.717) is 11.1 Å². The molecular formula is C16H24ClNO. The molecule has 2 nitrogen and oxygen atoms in total. The topological polar surface area (TPSA) is 32.3 Å². The molecule has 0 spiro atoms. The molecular weight excluding hydrogens is 258 g/mol. The molecule has 0 saturated heterocycles. The van der Waals surface area contributed by atoms with Crippen molar-refractivity contribution in [1.82, 2.24) is 5.32 Å². The molecule has 3 heteroatoms. The third-order valence-corrected chi connectivity index (χ3v) is 4.54. The van der Waals surface area contributed by atoms with Crippen LogP contribution in [0.25, 0.3) is 0 Å². The van der Waals surface area contributed by atoms with Crippen LogP contribution in [0.1, 0.15) is 51.0 Å². The predicted molar refractivity (Wildman–Crippen MR) is 80.6 cm³/mol. The molecule has 1 aromatic carbocycles. The maximum atomic E-state index is 9.42. The number of phenolic OH excluding ortho intramolecular Hbond substituents is 1. The fourth-order valence-corrected chi connectivity index (χ4v) is 3.29. The minimum absolute atomic E-state index is 0.157. The first-order chi connectivity index (χ1) is 9.20. The Morgan fingerprint density at radius 2 is 2.05 bits per heavy atom. The van der Waals surface area contributed by atoms with Crippen LogP contribution >= 0.6 is 11.6 Å². The average molecular weight is 282 g/mol. The Morgan fingerprint density at radius 3 is 2.68 bits per heavy atom. The molecule has 0 radical (unpaired) electrons. The summed E-state index contributed by atoms with van der Waals surface area (Å²) in [5.41, 5.74) is 1.14. The summed E-state index contributed by atoms with van der Waals surface area (Å²) in [5, 5.41) is 13.5. The third-order valence-electron chi connectivity index (χ3n) is 4.24. The first kappa shape index (κ1) is 14.7.